The molecule has 4 heteroatoms. The van der Waals surface area contributed by atoms with Gasteiger partial charge in [0.1, 0.15) is 0 Å². The molecule has 0 unspecified atom stereocenters. The highest BCUT2D eigenvalue weighted by molar-refractivity contribution is 6.17. The fraction of sp³-hybridized carbons (Fsp3) is 0.923. The first-order chi connectivity index (χ1) is 8.24. The van der Waals surface area contributed by atoms with Crippen molar-refractivity contribution in [1.29, 1.82) is 0 Å². The zero-order chi connectivity index (χ0) is 12.5. The van der Waals surface area contributed by atoms with Crippen LogP contribution in [-0.4, -0.2) is 31.5 Å². The van der Waals surface area contributed by atoms with E-state index >= 15 is 0 Å². The molecule has 0 radical (unpaired) electrons. The van der Waals surface area contributed by atoms with E-state index < -0.39 is 0 Å². The summed E-state index contributed by atoms with van der Waals surface area (Å²) in [6.07, 6.45) is 5.35. The minimum absolute atomic E-state index is 0.231. The van der Waals surface area contributed by atoms with Gasteiger partial charge in [-0.2, -0.15) is 0 Å². The van der Waals surface area contributed by atoms with Crippen molar-refractivity contribution in [2.24, 2.45) is 11.8 Å². The standard InChI is InChI=1S/C13H24ClNO2/c1-11-3-5-12(6-4-11)13(16)15-8-2-9-17-10-7-14/h11-12H,2-10H2,1H3,(H,15,16). The quantitative estimate of drug-likeness (QED) is 0.565. The summed E-state index contributed by atoms with van der Waals surface area (Å²) in [6.45, 7) is 4.25. The van der Waals surface area contributed by atoms with Crippen LogP contribution in [0.4, 0.5) is 0 Å². The molecule has 1 aliphatic carbocycles. The lowest BCUT2D eigenvalue weighted by Crippen LogP contribution is -2.33. The number of halogens is 1. The molecule has 100 valence electrons. The van der Waals surface area contributed by atoms with Crippen LogP contribution in [0.1, 0.15) is 39.0 Å². The van der Waals surface area contributed by atoms with Gasteiger partial charge in [0.05, 0.1) is 6.61 Å². The number of hydrogen-bond donors (Lipinski definition) is 1. The molecule has 17 heavy (non-hydrogen) atoms. The number of alkyl halides is 1. The predicted molar refractivity (Wildman–Crippen MR) is 70.3 cm³/mol. The lowest BCUT2D eigenvalue weighted by Gasteiger charge is -2.25. The van der Waals surface area contributed by atoms with Gasteiger partial charge in [0.2, 0.25) is 5.91 Å². The third-order valence-corrected chi connectivity index (χ3v) is 3.53. The van der Waals surface area contributed by atoms with Crippen molar-refractivity contribution in [2.75, 3.05) is 25.6 Å². The van der Waals surface area contributed by atoms with Crippen molar-refractivity contribution < 1.29 is 9.53 Å². The molecule has 0 heterocycles. The van der Waals surface area contributed by atoms with Crippen LogP contribution in [0, 0.1) is 11.8 Å². The van der Waals surface area contributed by atoms with Crippen molar-refractivity contribution >= 4 is 17.5 Å². The molecule has 0 aliphatic heterocycles. The molecule has 0 aromatic heterocycles. The molecule has 0 spiro atoms. The maximum Gasteiger partial charge on any atom is 0.223 e. The minimum Gasteiger partial charge on any atom is -0.380 e. The second-order valence-electron chi connectivity index (χ2n) is 4.90. The lowest BCUT2D eigenvalue weighted by molar-refractivity contribution is -0.126. The van der Waals surface area contributed by atoms with Crippen LogP contribution in [0.15, 0.2) is 0 Å². The Hall–Kier alpha value is -0.280. The van der Waals surface area contributed by atoms with Gasteiger partial charge in [-0.1, -0.05) is 6.92 Å². The summed E-state index contributed by atoms with van der Waals surface area (Å²) in [7, 11) is 0. The molecule has 3 nitrogen and oxygen atoms in total. The van der Waals surface area contributed by atoms with E-state index in [1.165, 1.54) is 12.8 Å². The van der Waals surface area contributed by atoms with Gasteiger partial charge in [0.25, 0.3) is 0 Å². The van der Waals surface area contributed by atoms with Gasteiger partial charge in [-0.3, -0.25) is 4.79 Å². The number of nitrogens with one attached hydrogen (secondary N) is 1. The number of rotatable bonds is 7. The first kappa shape index (κ1) is 14.8. The van der Waals surface area contributed by atoms with Crippen LogP contribution in [0.2, 0.25) is 0 Å². The lowest BCUT2D eigenvalue weighted by atomic mass is 9.82. The first-order valence-corrected chi connectivity index (χ1v) is 7.19. The van der Waals surface area contributed by atoms with E-state index in [4.69, 9.17) is 16.3 Å². The molecule has 1 saturated carbocycles. The van der Waals surface area contributed by atoms with Crippen LogP contribution in [0.3, 0.4) is 0 Å². The van der Waals surface area contributed by atoms with Crippen molar-refractivity contribution in [2.45, 2.75) is 39.0 Å². The average Bonchev–Trinajstić information content (AvgIpc) is 2.34. The SMILES string of the molecule is CC1CCC(C(=O)NCCCOCCCl)CC1. The van der Waals surface area contributed by atoms with Crippen LogP contribution in [0.5, 0.6) is 0 Å². The Kier molecular flexibility index (Phi) is 7.62. The van der Waals surface area contributed by atoms with Crippen molar-refractivity contribution in [3.63, 3.8) is 0 Å². The van der Waals surface area contributed by atoms with E-state index in [2.05, 4.69) is 12.2 Å². The summed E-state index contributed by atoms with van der Waals surface area (Å²) in [5.74, 6) is 1.80. The molecule has 1 N–H and O–H groups in total. The fourth-order valence-corrected chi connectivity index (χ4v) is 2.32. The third kappa shape index (κ3) is 6.27. The zero-order valence-corrected chi connectivity index (χ0v) is 11.5. The van der Waals surface area contributed by atoms with Gasteiger partial charge in [-0.05, 0) is 38.0 Å². The van der Waals surface area contributed by atoms with Gasteiger partial charge in [0, 0.05) is 24.9 Å². The smallest absolute Gasteiger partial charge is 0.223 e. The monoisotopic (exact) mass is 261 g/mol. The van der Waals surface area contributed by atoms with Gasteiger partial charge in [-0.25, -0.2) is 0 Å². The molecular weight excluding hydrogens is 238 g/mol. The molecule has 0 atom stereocenters. The summed E-state index contributed by atoms with van der Waals surface area (Å²) in [5, 5.41) is 2.99. The number of carbonyl (C=O) groups is 1. The minimum atomic E-state index is 0.231. The van der Waals surface area contributed by atoms with Crippen molar-refractivity contribution in [3.8, 4) is 0 Å². The Balaban J connectivity index is 2.01. The van der Waals surface area contributed by atoms with E-state index in [0.717, 1.165) is 25.2 Å². The summed E-state index contributed by atoms with van der Waals surface area (Å²) >= 11 is 5.48. The second-order valence-corrected chi connectivity index (χ2v) is 5.28. The maximum absolute atomic E-state index is 11.8. The molecule has 0 aromatic carbocycles. The highest BCUT2D eigenvalue weighted by atomic mass is 35.5. The first-order valence-electron chi connectivity index (χ1n) is 6.65. The van der Waals surface area contributed by atoms with E-state index in [9.17, 15) is 4.79 Å². The molecule has 0 saturated heterocycles. The Labute approximate surface area is 109 Å². The molecule has 1 aliphatic rings. The van der Waals surface area contributed by atoms with Crippen LogP contribution in [0.25, 0.3) is 0 Å². The Morgan fingerprint density at radius 2 is 2.00 bits per heavy atom. The second kappa shape index (κ2) is 8.76. The van der Waals surface area contributed by atoms with Crippen LogP contribution < -0.4 is 5.32 Å². The van der Waals surface area contributed by atoms with E-state index in [1.807, 2.05) is 0 Å². The fourth-order valence-electron chi connectivity index (χ4n) is 2.21. The molecular formula is C13H24ClNO2. The molecule has 1 fully saturated rings. The average molecular weight is 262 g/mol. The highest BCUT2D eigenvalue weighted by Crippen LogP contribution is 2.28. The third-order valence-electron chi connectivity index (χ3n) is 3.37. The largest absolute Gasteiger partial charge is 0.380 e. The topological polar surface area (TPSA) is 38.3 Å². The Bertz CT molecular complexity index is 215. The zero-order valence-electron chi connectivity index (χ0n) is 10.7. The van der Waals surface area contributed by atoms with Gasteiger partial charge < -0.3 is 10.1 Å². The summed E-state index contributed by atoms with van der Waals surface area (Å²) < 4.78 is 5.24. The van der Waals surface area contributed by atoms with Crippen LogP contribution in [-0.2, 0) is 9.53 Å². The van der Waals surface area contributed by atoms with E-state index in [1.54, 1.807) is 0 Å². The summed E-state index contributed by atoms with van der Waals surface area (Å²) in [5.41, 5.74) is 0. The normalized spacial score (nSPS) is 24.6. The molecule has 1 amide bonds. The maximum atomic E-state index is 11.8. The van der Waals surface area contributed by atoms with Gasteiger partial charge >= 0.3 is 0 Å². The van der Waals surface area contributed by atoms with E-state index in [0.29, 0.717) is 25.6 Å². The number of ether oxygens (including phenoxy) is 1. The molecule has 0 aromatic rings. The Morgan fingerprint density at radius 3 is 2.65 bits per heavy atom. The molecule has 1 rings (SSSR count). The van der Waals surface area contributed by atoms with Crippen LogP contribution >= 0.6 is 11.6 Å². The van der Waals surface area contributed by atoms with Crippen molar-refractivity contribution in [1.82, 2.24) is 5.32 Å². The highest BCUT2D eigenvalue weighted by Gasteiger charge is 2.23. The number of amides is 1. The summed E-state index contributed by atoms with van der Waals surface area (Å²) in [4.78, 5) is 11.8. The van der Waals surface area contributed by atoms with Crippen molar-refractivity contribution in [3.05, 3.63) is 0 Å². The summed E-state index contributed by atoms with van der Waals surface area (Å²) in [6, 6.07) is 0. The van der Waals surface area contributed by atoms with E-state index in [-0.39, 0.29) is 11.8 Å². The number of hydrogen-bond acceptors (Lipinski definition) is 2. The molecule has 0 bridgehead atoms. The van der Waals surface area contributed by atoms with Gasteiger partial charge in [0.15, 0.2) is 0 Å². The Morgan fingerprint density at radius 1 is 1.29 bits per heavy atom. The number of carbonyl (C=O) groups excluding carboxylic acids is 1. The van der Waals surface area contributed by atoms with Gasteiger partial charge in [-0.15, -0.1) is 11.6 Å². The predicted octanol–water partition coefficient (Wildman–Crippen LogP) is 2.57.